The van der Waals surface area contributed by atoms with E-state index < -0.39 is 10.2 Å². The van der Waals surface area contributed by atoms with Gasteiger partial charge in [0.1, 0.15) is 5.75 Å². The van der Waals surface area contributed by atoms with Crippen molar-refractivity contribution in [2.75, 3.05) is 36.4 Å². The fraction of sp³-hybridized carbons (Fsp3) is 0.519. The summed E-state index contributed by atoms with van der Waals surface area (Å²) >= 11 is 0. The third-order valence-corrected chi connectivity index (χ3v) is 7.48. The lowest BCUT2D eigenvalue weighted by Crippen LogP contribution is -2.38. The van der Waals surface area contributed by atoms with Crippen LogP contribution in [0.3, 0.4) is 0 Å². The zero-order valence-corrected chi connectivity index (χ0v) is 23.5. The summed E-state index contributed by atoms with van der Waals surface area (Å²) in [5.41, 5.74) is 5.29. The Morgan fingerprint density at radius 1 is 1.24 bits per heavy atom. The van der Waals surface area contributed by atoms with E-state index in [2.05, 4.69) is 35.7 Å². The van der Waals surface area contributed by atoms with Crippen molar-refractivity contribution in [3.05, 3.63) is 52.1 Å². The van der Waals surface area contributed by atoms with Crippen LogP contribution in [0.15, 0.2) is 24.3 Å². The SMILES string of the molecule is CCCN1c2c(c(C)c(NS(N)(=O)=O)c(C)c2CC(C)(C)CNC(=O)c2ccccc2O)CC1COC. The molecule has 1 atom stereocenters. The van der Waals surface area contributed by atoms with Crippen LogP contribution in [0.5, 0.6) is 5.75 Å². The predicted molar refractivity (Wildman–Crippen MR) is 148 cm³/mol. The van der Waals surface area contributed by atoms with Crippen LogP contribution in [0.2, 0.25) is 0 Å². The summed E-state index contributed by atoms with van der Waals surface area (Å²) in [6.45, 7) is 11.9. The predicted octanol–water partition coefficient (Wildman–Crippen LogP) is 3.41. The molecule has 1 amide bonds. The molecule has 0 bridgehead atoms. The molecule has 1 unspecified atom stereocenters. The molecule has 0 fully saturated rings. The van der Waals surface area contributed by atoms with Gasteiger partial charge in [0.05, 0.1) is 23.9 Å². The van der Waals surface area contributed by atoms with Gasteiger partial charge in [-0.3, -0.25) is 9.52 Å². The number of phenolic OH excluding ortho intramolecular Hbond substituents is 1. The number of phenols is 1. The van der Waals surface area contributed by atoms with Gasteiger partial charge < -0.3 is 20.1 Å². The molecule has 1 heterocycles. The number of anilines is 2. The average Bonchev–Trinajstić information content (AvgIpc) is 3.16. The van der Waals surface area contributed by atoms with Crippen LogP contribution in [-0.2, 0) is 27.8 Å². The molecule has 0 aromatic heterocycles. The number of nitrogens with zero attached hydrogens (tertiary/aromatic N) is 1. The number of amides is 1. The number of benzene rings is 2. The quantitative estimate of drug-likeness (QED) is 0.350. The number of hydrogen-bond donors (Lipinski definition) is 4. The van der Waals surface area contributed by atoms with Gasteiger partial charge in [-0.25, -0.2) is 5.14 Å². The van der Waals surface area contributed by atoms with Crippen molar-refractivity contribution in [2.45, 2.75) is 59.9 Å². The molecule has 1 aliphatic rings. The highest BCUT2D eigenvalue weighted by Crippen LogP contribution is 2.45. The molecule has 10 heteroatoms. The van der Waals surface area contributed by atoms with Gasteiger partial charge >= 0.3 is 0 Å². The summed E-state index contributed by atoms with van der Waals surface area (Å²) < 4.78 is 32.2. The van der Waals surface area contributed by atoms with Crippen molar-refractivity contribution < 1.29 is 23.1 Å². The highest BCUT2D eigenvalue weighted by atomic mass is 32.2. The minimum absolute atomic E-state index is 0.0666. The number of para-hydroxylation sites is 1. The number of fused-ring (bicyclic) bond motifs is 1. The third kappa shape index (κ3) is 6.55. The number of nitrogens with one attached hydrogen (secondary N) is 2. The Balaban J connectivity index is 2.02. The highest BCUT2D eigenvalue weighted by Gasteiger charge is 2.36. The lowest BCUT2D eigenvalue weighted by atomic mass is 9.81. The Morgan fingerprint density at radius 3 is 2.51 bits per heavy atom. The molecule has 37 heavy (non-hydrogen) atoms. The first kappa shape index (κ1) is 28.7. The average molecular weight is 533 g/mol. The highest BCUT2D eigenvalue weighted by molar-refractivity contribution is 7.90. The number of ether oxygens (including phenoxy) is 1. The maximum atomic E-state index is 12.7. The molecule has 2 aromatic carbocycles. The molecule has 5 N–H and O–H groups in total. The first-order chi connectivity index (χ1) is 17.3. The Bertz CT molecular complexity index is 1260. The van der Waals surface area contributed by atoms with Crippen LogP contribution in [0.25, 0.3) is 0 Å². The Morgan fingerprint density at radius 2 is 1.92 bits per heavy atom. The van der Waals surface area contributed by atoms with Crippen molar-refractivity contribution >= 4 is 27.5 Å². The lowest BCUT2D eigenvalue weighted by Gasteiger charge is -2.33. The third-order valence-electron chi connectivity index (χ3n) is 6.99. The number of methoxy groups -OCH3 is 1. The number of aromatic hydroxyl groups is 1. The summed E-state index contributed by atoms with van der Waals surface area (Å²) in [4.78, 5) is 15.1. The van der Waals surface area contributed by atoms with Crippen molar-refractivity contribution in [1.82, 2.24) is 5.32 Å². The zero-order valence-electron chi connectivity index (χ0n) is 22.6. The van der Waals surface area contributed by atoms with Gasteiger partial charge in [-0.1, -0.05) is 32.9 Å². The van der Waals surface area contributed by atoms with E-state index in [9.17, 15) is 18.3 Å². The van der Waals surface area contributed by atoms with Crippen molar-refractivity contribution in [2.24, 2.45) is 10.6 Å². The largest absolute Gasteiger partial charge is 0.507 e. The fourth-order valence-corrected chi connectivity index (χ4v) is 5.85. The van der Waals surface area contributed by atoms with E-state index in [1.165, 1.54) is 6.07 Å². The maximum absolute atomic E-state index is 12.7. The molecule has 0 spiro atoms. The topological polar surface area (TPSA) is 134 Å². The van der Waals surface area contributed by atoms with Crippen LogP contribution in [-0.4, -0.2) is 52.3 Å². The molecule has 3 rings (SSSR count). The van der Waals surface area contributed by atoms with E-state index in [1.54, 1.807) is 25.3 Å². The van der Waals surface area contributed by atoms with E-state index in [1.807, 2.05) is 13.8 Å². The number of nitrogens with two attached hydrogens (primary N) is 1. The Kier molecular flexibility index (Phi) is 8.77. The molecule has 0 radical (unpaired) electrons. The van der Waals surface area contributed by atoms with Crippen molar-refractivity contribution in [1.29, 1.82) is 0 Å². The summed E-state index contributed by atoms with van der Waals surface area (Å²) in [6, 6.07) is 6.58. The van der Waals surface area contributed by atoms with Crippen molar-refractivity contribution in [3.63, 3.8) is 0 Å². The van der Waals surface area contributed by atoms with Crippen LogP contribution in [0.4, 0.5) is 11.4 Å². The van der Waals surface area contributed by atoms with E-state index in [4.69, 9.17) is 9.88 Å². The van der Waals surface area contributed by atoms with Gasteiger partial charge in [0.2, 0.25) is 0 Å². The standard InChI is InChI=1S/C27H40N4O5S/c1-7-12-31-19(15-36-6)13-21-17(2)24(30-37(28,34)35)18(3)22(25(21)31)14-27(4,5)16-29-26(33)20-10-8-9-11-23(20)32/h8-11,19,30,32H,7,12-16H2,1-6H3,(H,29,33)(H2,28,34,35). The summed E-state index contributed by atoms with van der Waals surface area (Å²) in [6.07, 6.45) is 2.28. The van der Waals surface area contributed by atoms with Crippen LogP contribution >= 0.6 is 0 Å². The van der Waals surface area contributed by atoms with Gasteiger partial charge in [-0.05, 0) is 72.9 Å². The second-order valence-electron chi connectivity index (χ2n) is 10.6. The molecule has 2 aromatic rings. The minimum atomic E-state index is -3.97. The number of carbonyl (C=O) groups excluding carboxylic acids is 1. The van der Waals surface area contributed by atoms with Gasteiger partial charge in [-0.2, -0.15) is 8.42 Å². The summed E-state index contributed by atoms with van der Waals surface area (Å²) in [7, 11) is -2.28. The van der Waals surface area contributed by atoms with Gasteiger partial charge in [0, 0.05) is 25.9 Å². The molecular formula is C27H40N4O5S. The number of rotatable bonds is 11. The summed E-state index contributed by atoms with van der Waals surface area (Å²) in [5.74, 6) is -0.413. The second kappa shape index (κ2) is 11.3. The van der Waals surface area contributed by atoms with Crippen LogP contribution in [0.1, 0.15) is 59.8 Å². The fourth-order valence-electron chi connectivity index (χ4n) is 5.25. The monoisotopic (exact) mass is 532 g/mol. The molecule has 0 saturated heterocycles. The van der Waals surface area contributed by atoms with Crippen LogP contribution in [0, 0.1) is 19.3 Å². The molecular weight excluding hydrogens is 492 g/mol. The van der Waals surface area contributed by atoms with Gasteiger partial charge in [0.15, 0.2) is 0 Å². The first-order valence-corrected chi connectivity index (χ1v) is 14.1. The maximum Gasteiger partial charge on any atom is 0.296 e. The molecule has 9 nitrogen and oxygen atoms in total. The van der Waals surface area contributed by atoms with Crippen LogP contribution < -0.4 is 20.1 Å². The number of carbonyl (C=O) groups is 1. The number of hydrogen-bond acceptors (Lipinski definition) is 6. The van der Waals surface area contributed by atoms with E-state index in [0.29, 0.717) is 25.3 Å². The van der Waals surface area contributed by atoms with Gasteiger partial charge in [0.25, 0.3) is 16.1 Å². The van der Waals surface area contributed by atoms with E-state index in [-0.39, 0.29) is 28.7 Å². The van der Waals surface area contributed by atoms with Gasteiger partial charge in [-0.15, -0.1) is 0 Å². The lowest BCUT2D eigenvalue weighted by molar-refractivity contribution is 0.0933. The normalized spacial score (nSPS) is 15.5. The molecule has 0 aliphatic carbocycles. The minimum Gasteiger partial charge on any atom is -0.507 e. The first-order valence-electron chi connectivity index (χ1n) is 12.6. The Hall–Kier alpha value is -2.82. The van der Waals surface area contributed by atoms with E-state index in [0.717, 1.165) is 47.3 Å². The second-order valence-corrected chi connectivity index (χ2v) is 11.9. The molecule has 204 valence electrons. The smallest absolute Gasteiger partial charge is 0.296 e. The zero-order chi connectivity index (χ0) is 27.5. The molecule has 0 saturated carbocycles. The molecule has 1 aliphatic heterocycles. The van der Waals surface area contributed by atoms with E-state index >= 15 is 0 Å². The summed E-state index contributed by atoms with van der Waals surface area (Å²) in [5, 5.41) is 18.4. The Labute approximate surface area is 220 Å². The van der Waals surface area contributed by atoms with Crippen molar-refractivity contribution in [3.8, 4) is 5.75 Å².